The second kappa shape index (κ2) is 5.53. The Bertz CT molecular complexity index is 666. The molecule has 1 aromatic heterocycles. The molecule has 1 N–H and O–H groups in total. The zero-order valence-electron chi connectivity index (χ0n) is 12.3. The number of benzene rings is 1. The topological polar surface area (TPSA) is 43.6 Å². The van der Waals surface area contributed by atoms with E-state index in [2.05, 4.69) is 12.2 Å². The van der Waals surface area contributed by atoms with Crippen LogP contribution < -0.4 is 14.8 Å². The van der Waals surface area contributed by atoms with Gasteiger partial charge in [-0.3, -0.25) is 0 Å². The zero-order valence-corrected chi connectivity index (χ0v) is 13.1. The minimum atomic E-state index is 0.0857. The van der Waals surface area contributed by atoms with Gasteiger partial charge < -0.3 is 19.2 Å². The molecular formula is C16H18ClNO3. The SMILES string of the molecule is Cc1cc(C(C)Nc2cc3c(cc2Cl)OCCO3)c(C)o1. The Hall–Kier alpha value is -1.81. The summed E-state index contributed by atoms with van der Waals surface area (Å²) in [6.45, 7) is 7.10. The molecule has 0 fully saturated rings. The summed E-state index contributed by atoms with van der Waals surface area (Å²) < 4.78 is 16.7. The van der Waals surface area contributed by atoms with Crippen LogP contribution in [0.15, 0.2) is 22.6 Å². The van der Waals surface area contributed by atoms with Crippen LogP contribution >= 0.6 is 11.6 Å². The van der Waals surface area contributed by atoms with E-state index < -0.39 is 0 Å². The van der Waals surface area contributed by atoms with Crippen LogP contribution in [-0.2, 0) is 0 Å². The quantitative estimate of drug-likeness (QED) is 0.907. The van der Waals surface area contributed by atoms with E-state index >= 15 is 0 Å². The van der Waals surface area contributed by atoms with Gasteiger partial charge in [0, 0.05) is 17.7 Å². The number of fused-ring (bicyclic) bond motifs is 1. The van der Waals surface area contributed by atoms with Crippen LogP contribution in [0.5, 0.6) is 11.5 Å². The Kier molecular flexibility index (Phi) is 3.72. The summed E-state index contributed by atoms with van der Waals surface area (Å²) in [5, 5.41) is 4.02. The standard InChI is InChI=1S/C16H18ClNO3/c1-9-6-12(11(3)21-9)10(2)18-14-8-16-15(7-13(14)17)19-4-5-20-16/h6-8,10,18H,4-5H2,1-3H3. The number of hydrogen-bond acceptors (Lipinski definition) is 4. The number of rotatable bonds is 3. The van der Waals surface area contributed by atoms with Gasteiger partial charge >= 0.3 is 0 Å². The van der Waals surface area contributed by atoms with Gasteiger partial charge in [-0.2, -0.15) is 0 Å². The van der Waals surface area contributed by atoms with Crippen molar-refractivity contribution < 1.29 is 13.9 Å². The fraction of sp³-hybridized carbons (Fsp3) is 0.375. The van der Waals surface area contributed by atoms with Gasteiger partial charge in [0.2, 0.25) is 0 Å². The first-order chi connectivity index (χ1) is 10.0. The lowest BCUT2D eigenvalue weighted by atomic mass is 10.1. The Morgan fingerprint density at radius 1 is 1.10 bits per heavy atom. The van der Waals surface area contributed by atoms with Gasteiger partial charge in [0.15, 0.2) is 11.5 Å². The lowest BCUT2D eigenvalue weighted by Crippen LogP contribution is -2.16. The van der Waals surface area contributed by atoms with Crippen LogP contribution in [0.3, 0.4) is 0 Å². The largest absolute Gasteiger partial charge is 0.486 e. The molecule has 0 radical (unpaired) electrons. The van der Waals surface area contributed by atoms with Crippen LogP contribution in [-0.4, -0.2) is 13.2 Å². The summed E-state index contributed by atoms with van der Waals surface area (Å²) in [5.41, 5.74) is 1.95. The highest BCUT2D eigenvalue weighted by atomic mass is 35.5. The number of ether oxygens (including phenoxy) is 2. The van der Waals surface area contributed by atoms with Crippen LogP contribution in [0.25, 0.3) is 0 Å². The van der Waals surface area contributed by atoms with Crippen LogP contribution in [0, 0.1) is 13.8 Å². The molecule has 2 aromatic rings. The highest BCUT2D eigenvalue weighted by molar-refractivity contribution is 6.33. The minimum Gasteiger partial charge on any atom is -0.486 e. The van der Waals surface area contributed by atoms with Crippen molar-refractivity contribution in [2.45, 2.75) is 26.8 Å². The molecule has 1 aliphatic rings. The van der Waals surface area contributed by atoms with Gasteiger partial charge in [0.1, 0.15) is 24.7 Å². The molecule has 0 saturated heterocycles. The van der Waals surface area contributed by atoms with E-state index in [1.807, 2.05) is 26.0 Å². The first-order valence-electron chi connectivity index (χ1n) is 6.97. The maximum atomic E-state index is 6.32. The van der Waals surface area contributed by atoms with E-state index in [4.69, 9.17) is 25.5 Å². The smallest absolute Gasteiger partial charge is 0.163 e. The summed E-state index contributed by atoms with van der Waals surface area (Å²) in [5.74, 6) is 3.24. The molecule has 0 aliphatic carbocycles. The Morgan fingerprint density at radius 2 is 1.76 bits per heavy atom. The number of aryl methyl sites for hydroxylation is 2. The van der Waals surface area contributed by atoms with E-state index in [1.54, 1.807) is 6.07 Å². The molecule has 0 bridgehead atoms. The summed E-state index contributed by atoms with van der Waals surface area (Å²) >= 11 is 6.32. The first-order valence-corrected chi connectivity index (χ1v) is 7.35. The fourth-order valence-corrected chi connectivity index (χ4v) is 2.77. The van der Waals surface area contributed by atoms with E-state index in [0.717, 1.165) is 28.5 Å². The number of furan rings is 1. The number of nitrogens with one attached hydrogen (secondary N) is 1. The van der Waals surface area contributed by atoms with Gasteiger partial charge in [0.25, 0.3) is 0 Å². The Balaban J connectivity index is 1.86. The minimum absolute atomic E-state index is 0.0857. The number of anilines is 1. The molecular weight excluding hydrogens is 290 g/mol. The summed E-state index contributed by atoms with van der Waals surface area (Å²) in [6, 6.07) is 5.80. The van der Waals surface area contributed by atoms with Gasteiger partial charge in [0.05, 0.1) is 16.8 Å². The van der Waals surface area contributed by atoms with Gasteiger partial charge in [-0.05, 0) is 26.8 Å². The first kappa shape index (κ1) is 14.1. The maximum Gasteiger partial charge on any atom is 0.163 e. The van der Waals surface area contributed by atoms with Crippen molar-refractivity contribution in [1.29, 1.82) is 0 Å². The van der Waals surface area contributed by atoms with Crippen molar-refractivity contribution in [3.05, 3.63) is 40.3 Å². The molecule has 1 aliphatic heterocycles. The normalized spacial score (nSPS) is 14.9. The molecule has 4 nitrogen and oxygen atoms in total. The molecule has 0 amide bonds. The van der Waals surface area contributed by atoms with Crippen LogP contribution in [0.2, 0.25) is 5.02 Å². The molecule has 3 rings (SSSR count). The van der Waals surface area contributed by atoms with E-state index in [0.29, 0.717) is 24.0 Å². The molecule has 0 saturated carbocycles. The van der Waals surface area contributed by atoms with Crippen molar-refractivity contribution in [3.8, 4) is 11.5 Å². The van der Waals surface area contributed by atoms with Crippen LogP contribution in [0.1, 0.15) is 30.0 Å². The van der Waals surface area contributed by atoms with Gasteiger partial charge in [-0.25, -0.2) is 0 Å². The molecule has 112 valence electrons. The van der Waals surface area contributed by atoms with Crippen molar-refractivity contribution >= 4 is 17.3 Å². The maximum absolute atomic E-state index is 6.32. The lowest BCUT2D eigenvalue weighted by Gasteiger charge is -2.22. The van der Waals surface area contributed by atoms with Crippen molar-refractivity contribution in [2.24, 2.45) is 0 Å². The van der Waals surface area contributed by atoms with Crippen LogP contribution in [0.4, 0.5) is 5.69 Å². The third-order valence-electron chi connectivity index (χ3n) is 3.55. The monoisotopic (exact) mass is 307 g/mol. The summed E-state index contributed by atoms with van der Waals surface area (Å²) in [4.78, 5) is 0. The third-order valence-corrected chi connectivity index (χ3v) is 3.86. The van der Waals surface area contributed by atoms with Gasteiger partial charge in [-0.15, -0.1) is 0 Å². The molecule has 5 heteroatoms. The van der Waals surface area contributed by atoms with E-state index in [1.165, 1.54) is 0 Å². The molecule has 1 aromatic carbocycles. The summed E-state index contributed by atoms with van der Waals surface area (Å²) in [6.07, 6.45) is 0. The Morgan fingerprint density at radius 3 is 2.38 bits per heavy atom. The highest BCUT2D eigenvalue weighted by Crippen LogP contribution is 2.39. The average molecular weight is 308 g/mol. The Labute approximate surface area is 129 Å². The molecule has 2 heterocycles. The second-order valence-corrected chi connectivity index (χ2v) is 5.62. The summed E-state index contributed by atoms with van der Waals surface area (Å²) in [7, 11) is 0. The number of hydrogen-bond donors (Lipinski definition) is 1. The average Bonchev–Trinajstić information content (AvgIpc) is 2.78. The van der Waals surface area contributed by atoms with Crippen molar-refractivity contribution in [3.63, 3.8) is 0 Å². The van der Waals surface area contributed by atoms with E-state index in [-0.39, 0.29) is 6.04 Å². The number of halogens is 1. The van der Waals surface area contributed by atoms with E-state index in [9.17, 15) is 0 Å². The zero-order chi connectivity index (χ0) is 15.0. The third kappa shape index (κ3) is 2.81. The predicted octanol–water partition coefficient (Wildman–Crippen LogP) is 4.49. The molecule has 1 unspecified atom stereocenters. The second-order valence-electron chi connectivity index (χ2n) is 5.21. The highest BCUT2D eigenvalue weighted by Gasteiger charge is 2.18. The molecule has 0 spiro atoms. The lowest BCUT2D eigenvalue weighted by molar-refractivity contribution is 0.171. The van der Waals surface area contributed by atoms with Crippen molar-refractivity contribution in [2.75, 3.05) is 18.5 Å². The van der Waals surface area contributed by atoms with Crippen molar-refractivity contribution in [1.82, 2.24) is 0 Å². The van der Waals surface area contributed by atoms with Gasteiger partial charge in [-0.1, -0.05) is 11.6 Å². The molecule has 1 atom stereocenters. The predicted molar refractivity (Wildman–Crippen MR) is 82.7 cm³/mol. The molecule has 21 heavy (non-hydrogen) atoms. The fourth-order valence-electron chi connectivity index (χ4n) is 2.57.